The molecule has 0 aliphatic heterocycles. The van der Waals surface area contributed by atoms with Crippen molar-refractivity contribution in [3.63, 3.8) is 0 Å². The summed E-state index contributed by atoms with van der Waals surface area (Å²) < 4.78 is 0.819. The molecule has 0 unspecified atom stereocenters. The standard InChI is InChI=1S/C14H20N4O5/c1-2-3-4-5-6-16-12(19)9-17-8-10(18(22)23)7-11(13(15)20)14(17)21/h7-8H,2-6,9H2,1H3,(H2,15,20)(H,16,19). The number of nitrogens with two attached hydrogens (primary N) is 1. The number of nitrogens with one attached hydrogen (secondary N) is 1. The van der Waals surface area contributed by atoms with Gasteiger partial charge in [-0.25, -0.2) is 0 Å². The molecule has 0 aliphatic rings. The maximum Gasteiger partial charge on any atom is 0.286 e. The second-order valence-electron chi connectivity index (χ2n) is 5.08. The number of nitrogens with zero attached hydrogens (tertiary/aromatic N) is 2. The van der Waals surface area contributed by atoms with E-state index < -0.39 is 40.1 Å². The van der Waals surface area contributed by atoms with E-state index in [4.69, 9.17) is 5.73 Å². The number of carbonyl (C=O) groups excluding carboxylic acids is 2. The van der Waals surface area contributed by atoms with E-state index in [0.717, 1.165) is 42.5 Å². The molecule has 9 heteroatoms. The zero-order valence-electron chi connectivity index (χ0n) is 12.9. The molecule has 0 bridgehead atoms. The normalized spacial score (nSPS) is 10.3. The molecule has 0 radical (unpaired) electrons. The lowest BCUT2D eigenvalue weighted by atomic mass is 10.2. The summed E-state index contributed by atoms with van der Waals surface area (Å²) in [6, 6.07) is 0.809. The number of hydrogen-bond acceptors (Lipinski definition) is 5. The first-order valence-corrected chi connectivity index (χ1v) is 7.32. The minimum atomic E-state index is -1.08. The minimum Gasteiger partial charge on any atom is -0.365 e. The van der Waals surface area contributed by atoms with Gasteiger partial charge in [-0.05, 0) is 6.42 Å². The van der Waals surface area contributed by atoms with Gasteiger partial charge in [-0.1, -0.05) is 26.2 Å². The topological polar surface area (TPSA) is 137 Å². The van der Waals surface area contributed by atoms with Gasteiger partial charge in [-0.2, -0.15) is 0 Å². The van der Waals surface area contributed by atoms with Gasteiger partial charge in [-0.15, -0.1) is 0 Å². The molecule has 0 aliphatic carbocycles. The first-order valence-electron chi connectivity index (χ1n) is 7.32. The van der Waals surface area contributed by atoms with Crippen molar-refractivity contribution in [3.05, 3.63) is 38.3 Å². The lowest BCUT2D eigenvalue weighted by molar-refractivity contribution is -0.385. The predicted molar refractivity (Wildman–Crippen MR) is 83.0 cm³/mol. The summed E-state index contributed by atoms with van der Waals surface area (Å²) in [5.74, 6) is -1.54. The van der Waals surface area contributed by atoms with E-state index in [-0.39, 0.29) is 0 Å². The number of carbonyl (C=O) groups is 2. The molecule has 0 aromatic carbocycles. The molecule has 0 saturated heterocycles. The van der Waals surface area contributed by atoms with Crippen molar-refractivity contribution in [2.24, 2.45) is 5.73 Å². The molecule has 0 saturated carbocycles. The summed E-state index contributed by atoms with van der Waals surface area (Å²) in [6.45, 7) is 2.13. The molecular formula is C14H20N4O5. The van der Waals surface area contributed by atoms with Crippen molar-refractivity contribution in [2.45, 2.75) is 39.2 Å². The number of nitro groups is 1. The summed E-state index contributed by atoms with van der Waals surface area (Å²) in [6.07, 6.45) is 4.87. The number of primary amides is 1. The summed E-state index contributed by atoms with van der Waals surface area (Å²) in [4.78, 5) is 45.1. The van der Waals surface area contributed by atoms with Gasteiger partial charge >= 0.3 is 0 Å². The van der Waals surface area contributed by atoms with Crippen LogP contribution in [0.3, 0.4) is 0 Å². The molecule has 1 rings (SSSR count). The van der Waals surface area contributed by atoms with E-state index in [9.17, 15) is 24.5 Å². The molecular weight excluding hydrogens is 304 g/mol. The minimum absolute atomic E-state index is 0.408. The van der Waals surface area contributed by atoms with Crippen molar-refractivity contribution >= 4 is 17.5 Å². The molecule has 23 heavy (non-hydrogen) atoms. The van der Waals surface area contributed by atoms with Crippen LogP contribution in [0.4, 0.5) is 5.69 Å². The molecule has 1 heterocycles. The van der Waals surface area contributed by atoms with E-state index in [2.05, 4.69) is 12.2 Å². The number of hydrogen-bond donors (Lipinski definition) is 2. The Bertz CT molecular complexity index is 653. The van der Waals surface area contributed by atoms with Gasteiger partial charge in [0.25, 0.3) is 17.2 Å². The van der Waals surface area contributed by atoms with E-state index in [1.165, 1.54) is 0 Å². The molecule has 3 N–H and O–H groups in total. The van der Waals surface area contributed by atoms with Crippen LogP contribution in [0, 0.1) is 10.1 Å². The van der Waals surface area contributed by atoms with Gasteiger partial charge in [0.05, 0.1) is 11.1 Å². The number of pyridine rings is 1. The van der Waals surface area contributed by atoms with Crippen molar-refractivity contribution in [3.8, 4) is 0 Å². The van der Waals surface area contributed by atoms with Crippen LogP contribution in [0.2, 0.25) is 0 Å². The lowest BCUT2D eigenvalue weighted by Gasteiger charge is -2.08. The van der Waals surface area contributed by atoms with Gasteiger partial charge < -0.3 is 11.1 Å². The van der Waals surface area contributed by atoms with E-state index in [1.807, 2.05) is 0 Å². The van der Waals surface area contributed by atoms with Crippen LogP contribution in [-0.2, 0) is 11.3 Å². The van der Waals surface area contributed by atoms with Gasteiger partial charge in [0.2, 0.25) is 5.91 Å². The Morgan fingerprint density at radius 1 is 1.35 bits per heavy atom. The average Bonchev–Trinajstić information content (AvgIpc) is 2.48. The maximum absolute atomic E-state index is 12.0. The first-order chi connectivity index (χ1) is 10.9. The molecule has 1 aromatic rings. The molecule has 1 aromatic heterocycles. The predicted octanol–water partition coefficient (Wildman–Crippen LogP) is 0.552. The first kappa shape index (κ1) is 18.3. The number of rotatable bonds is 9. The third-order valence-electron chi connectivity index (χ3n) is 3.21. The van der Waals surface area contributed by atoms with Crippen LogP contribution in [-0.4, -0.2) is 27.8 Å². The highest BCUT2D eigenvalue weighted by Gasteiger charge is 2.18. The zero-order valence-corrected chi connectivity index (χ0v) is 12.9. The fraction of sp³-hybridized carbons (Fsp3) is 0.500. The van der Waals surface area contributed by atoms with Crippen LogP contribution in [0.25, 0.3) is 0 Å². The molecule has 0 spiro atoms. The smallest absolute Gasteiger partial charge is 0.286 e. The van der Waals surface area contributed by atoms with Gasteiger partial charge in [0.1, 0.15) is 12.1 Å². The van der Waals surface area contributed by atoms with Crippen LogP contribution in [0.5, 0.6) is 0 Å². The van der Waals surface area contributed by atoms with Crippen molar-refractivity contribution < 1.29 is 14.5 Å². The fourth-order valence-corrected chi connectivity index (χ4v) is 2.00. The van der Waals surface area contributed by atoms with Crippen LogP contribution in [0.1, 0.15) is 43.0 Å². The number of unbranched alkanes of at least 4 members (excludes halogenated alkanes) is 3. The summed E-state index contributed by atoms with van der Waals surface area (Å²) in [7, 11) is 0. The summed E-state index contributed by atoms with van der Waals surface area (Å²) in [5, 5.41) is 13.5. The highest BCUT2D eigenvalue weighted by molar-refractivity contribution is 5.93. The Morgan fingerprint density at radius 2 is 2.04 bits per heavy atom. The summed E-state index contributed by atoms with van der Waals surface area (Å²) in [5.41, 5.74) is 3.21. The second kappa shape index (κ2) is 8.66. The van der Waals surface area contributed by atoms with Gasteiger partial charge in [-0.3, -0.25) is 29.1 Å². The fourth-order valence-electron chi connectivity index (χ4n) is 2.00. The average molecular weight is 324 g/mol. The zero-order chi connectivity index (χ0) is 17.4. The molecule has 0 fully saturated rings. The van der Waals surface area contributed by atoms with Crippen molar-refractivity contribution in [1.82, 2.24) is 9.88 Å². The number of amides is 2. The Hall–Kier alpha value is -2.71. The van der Waals surface area contributed by atoms with E-state index in [0.29, 0.717) is 6.54 Å². The maximum atomic E-state index is 12.0. The third-order valence-corrected chi connectivity index (χ3v) is 3.21. The van der Waals surface area contributed by atoms with Gasteiger partial charge in [0, 0.05) is 12.6 Å². The Morgan fingerprint density at radius 3 is 2.61 bits per heavy atom. The Balaban J connectivity index is 2.82. The molecule has 2 amide bonds. The summed E-state index contributed by atoms with van der Waals surface area (Å²) >= 11 is 0. The van der Waals surface area contributed by atoms with E-state index in [1.54, 1.807) is 0 Å². The highest BCUT2D eigenvalue weighted by Crippen LogP contribution is 2.10. The van der Waals surface area contributed by atoms with Crippen LogP contribution < -0.4 is 16.6 Å². The largest absolute Gasteiger partial charge is 0.365 e. The monoisotopic (exact) mass is 324 g/mol. The quantitative estimate of drug-likeness (QED) is 0.388. The SMILES string of the molecule is CCCCCCNC(=O)Cn1cc([N+](=O)[O-])cc(C(N)=O)c1=O. The van der Waals surface area contributed by atoms with Crippen LogP contribution >= 0.6 is 0 Å². The Kier molecular flexibility index (Phi) is 6.91. The third kappa shape index (κ3) is 5.53. The van der Waals surface area contributed by atoms with Crippen molar-refractivity contribution in [1.29, 1.82) is 0 Å². The molecule has 9 nitrogen and oxygen atoms in total. The molecule has 126 valence electrons. The van der Waals surface area contributed by atoms with Crippen LogP contribution in [0.15, 0.2) is 17.1 Å². The van der Waals surface area contributed by atoms with Crippen molar-refractivity contribution in [2.75, 3.05) is 6.54 Å². The van der Waals surface area contributed by atoms with Gasteiger partial charge in [0.15, 0.2) is 0 Å². The lowest BCUT2D eigenvalue weighted by Crippen LogP contribution is -2.35. The Labute approximate surface area is 132 Å². The number of aromatic nitrogens is 1. The highest BCUT2D eigenvalue weighted by atomic mass is 16.6. The molecule has 0 atom stereocenters. The second-order valence-corrected chi connectivity index (χ2v) is 5.08. The van der Waals surface area contributed by atoms with E-state index >= 15 is 0 Å².